The lowest BCUT2D eigenvalue weighted by Crippen LogP contribution is -2.40. The van der Waals surface area contributed by atoms with Gasteiger partial charge in [0, 0.05) is 36.3 Å². The zero-order valence-corrected chi connectivity index (χ0v) is 18.3. The number of benzene rings is 2. The van der Waals surface area contributed by atoms with E-state index in [0.717, 1.165) is 28.2 Å². The van der Waals surface area contributed by atoms with Crippen molar-refractivity contribution in [3.63, 3.8) is 0 Å². The van der Waals surface area contributed by atoms with Crippen LogP contribution in [-0.2, 0) is 11.2 Å². The Morgan fingerprint density at radius 1 is 1.19 bits per heavy atom. The number of carbonyl (C=O) groups excluding carboxylic acids is 1. The molecule has 0 saturated carbocycles. The molecule has 1 aromatic heterocycles. The average Bonchev–Trinajstić information content (AvgIpc) is 3.07. The molecule has 1 aliphatic rings. The summed E-state index contributed by atoms with van der Waals surface area (Å²) in [6, 6.07) is 15.2. The summed E-state index contributed by atoms with van der Waals surface area (Å²) in [6.07, 6.45) is 0.673. The van der Waals surface area contributed by atoms with Crippen molar-refractivity contribution in [1.82, 2.24) is 14.7 Å². The first-order valence-electron chi connectivity index (χ1n) is 10.2. The molecule has 2 heterocycles. The van der Waals surface area contributed by atoms with Gasteiger partial charge in [-0.3, -0.25) is 4.79 Å². The van der Waals surface area contributed by atoms with Crippen molar-refractivity contribution in [3.05, 3.63) is 81.1 Å². The molecule has 31 heavy (non-hydrogen) atoms. The first-order chi connectivity index (χ1) is 15.0. The summed E-state index contributed by atoms with van der Waals surface area (Å²) >= 11 is 6.21. The third kappa shape index (κ3) is 4.34. The zero-order chi connectivity index (χ0) is 22.0. The van der Waals surface area contributed by atoms with Crippen LogP contribution in [0.25, 0.3) is 5.69 Å². The van der Waals surface area contributed by atoms with Crippen LogP contribution in [0.4, 0.5) is 0 Å². The number of aryl methyl sites for hydroxylation is 1. The van der Waals surface area contributed by atoms with Gasteiger partial charge >= 0.3 is 0 Å². The molecule has 0 N–H and O–H groups in total. The smallest absolute Gasteiger partial charge is 0.254 e. The summed E-state index contributed by atoms with van der Waals surface area (Å²) in [5.74, 6) is 0.0431. The van der Waals surface area contributed by atoms with Gasteiger partial charge in [0.2, 0.25) is 0 Å². The Morgan fingerprint density at radius 3 is 2.68 bits per heavy atom. The zero-order valence-electron chi connectivity index (χ0n) is 17.6. The molecule has 6 nitrogen and oxygen atoms in total. The van der Waals surface area contributed by atoms with Crippen molar-refractivity contribution in [2.45, 2.75) is 20.3 Å². The second-order valence-electron chi connectivity index (χ2n) is 7.62. The predicted molar refractivity (Wildman–Crippen MR) is 119 cm³/mol. The van der Waals surface area contributed by atoms with Crippen LogP contribution in [0.1, 0.15) is 38.4 Å². The molecule has 3 aromatic rings. The molecule has 1 amide bonds. The third-order valence-electron chi connectivity index (χ3n) is 5.61. The maximum absolute atomic E-state index is 12.8. The highest BCUT2D eigenvalue weighted by molar-refractivity contribution is 6.31. The van der Waals surface area contributed by atoms with Crippen molar-refractivity contribution < 1.29 is 9.53 Å². The number of rotatable bonds is 4. The second-order valence-corrected chi connectivity index (χ2v) is 8.03. The summed E-state index contributed by atoms with van der Waals surface area (Å²) in [7, 11) is 0. The number of ether oxygens (including phenoxy) is 1. The Bertz CT molecular complexity index is 1170. The third-order valence-corrected chi connectivity index (χ3v) is 5.92. The van der Waals surface area contributed by atoms with Crippen molar-refractivity contribution in [1.29, 1.82) is 5.26 Å². The number of morpholine rings is 1. The molecular weight excluding hydrogens is 412 g/mol. The fourth-order valence-corrected chi connectivity index (χ4v) is 4.09. The first kappa shape index (κ1) is 21.1. The molecule has 158 valence electrons. The summed E-state index contributed by atoms with van der Waals surface area (Å²) < 4.78 is 7.19. The topological polar surface area (TPSA) is 71.2 Å². The fraction of sp³-hybridized carbons (Fsp3) is 0.292. The van der Waals surface area contributed by atoms with E-state index >= 15 is 0 Å². The Morgan fingerprint density at radius 2 is 1.97 bits per heavy atom. The van der Waals surface area contributed by atoms with Gasteiger partial charge in [0.05, 0.1) is 35.2 Å². The van der Waals surface area contributed by atoms with Gasteiger partial charge in [0.25, 0.3) is 5.91 Å². The molecule has 0 radical (unpaired) electrons. The molecule has 0 atom stereocenters. The lowest BCUT2D eigenvalue weighted by molar-refractivity contribution is 0.0303. The van der Waals surface area contributed by atoms with Gasteiger partial charge in [-0.25, -0.2) is 4.68 Å². The van der Waals surface area contributed by atoms with Gasteiger partial charge in [0.1, 0.15) is 6.07 Å². The number of halogens is 1. The van der Waals surface area contributed by atoms with E-state index in [-0.39, 0.29) is 5.91 Å². The highest BCUT2D eigenvalue weighted by Gasteiger charge is 2.19. The molecule has 0 unspecified atom stereocenters. The van der Waals surface area contributed by atoms with Crippen LogP contribution < -0.4 is 0 Å². The lowest BCUT2D eigenvalue weighted by atomic mass is 10.0. The maximum atomic E-state index is 12.8. The van der Waals surface area contributed by atoms with E-state index in [9.17, 15) is 4.79 Å². The number of nitriles is 1. The molecule has 1 aliphatic heterocycles. The van der Waals surface area contributed by atoms with Crippen LogP contribution >= 0.6 is 11.6 Å². The van der Waals surface area contributed by atoms with Gasteiger partial charge in [-0.1, -0.05) is 23.7 Å². The molecule has 0 spiro atoms. The normalized spacial score (nSPS) is 13.8. The largest absolute Gasteiger partial charge is 0.378 e. The van der Waals surface area contributed by atoms with Crippen LogP contribution in [0.15, 0.2) is 42.5 Å². The van der Waals surface area contributed by atoms with Gasteiger partial charge in [-0.15, -0.1) is 0 Å². The molecule has 0 aliphatic carbocycles. The molecule has 7 heteroatoms. The predicted octanol–water partition coefficient (Wildman–Crippen LogP) is 4.08. The monoisotopic (exact) mass is 434 g/mol. The number of amides is 1. The molecule has 1 fully saturated rings. The summed E-state index contributed by atoms with van der Waals surface area (Å²) in [5.41, 5.74) is 6.03. The minimum atomic E-state index is 0.0431. The summed E-state index contributed by atoms with van der Waals surface area (Å²) in [6.45, 7) is 6.42. The van der Waals surface area contributed by atoms with E-state index in [1.165, 1.54) is 0 Å². The van der Waals surface area contributed by atoms with Gasteiger partial charge in [-0.2, -0.15) is 10.4 Å². The van der Waals surface area contributed by atoms with Crippen LogP contribution in [0.5, 0.6) is 0 Å². The number of aromatic nitrogens is 2. The number of hydrogen-bond acceptors (Lipinski definition) is 4. The standard InChI is InChI=1S/C24H23ClN4O2/c1-16-22(17(2)29(27-16)21-7-6-20(15-26)23(25)14-21)13-18-4-3-5-19(12-18)24(30)28-8-10-31-11-9-28/h3-7,12,14H,8-11,13H2,1-2H3. The SMILES string of the molecule is Cc1nn(-c2ccc(C#N)c(Cl)c2)c(C)c1Cc1cccc(C(=O)N2CCOCC2)c1. The minimum absolute atomic E-state index is 0.0431. The van der Waals surface area contributed by atoms with Crippen LogP contribution in [0.3, 0.4) is 0 Å². The quantitative estimate of drug-likeness (QED) is 0.620. The van der Waals surface area contributed by atoms with Crippen molar-refractivity contribution in [2.75, 3.05) is 26.3 Å². The van der Waals surface area contributed by atoms with Crippen LogP contribution in [0.2, 0.25) is 5.02 Å². The Kier molecular flexibility index (Phi) is 6.08. The molecule has 0 bridgehead atoms. The highest BCUT2D eigenvalue weighted by atomic mass is 35.5. The number of hydrogen-bond donors (Lipinski definition) is 0. The van der Waals surface area contributed by atoms with E-state index in [0.29, 0.717) is 48.9 Å². The first-order valence-corrected chi connectivity index (χ1v) is 10.6. The fourth-order valence-electron chi connectivity index (χ4n) is 3.88. The summed E-state index contributed by atoms with van der Waals surface area (Å²) in [5, 5.41) is 14.2. The van der Waals surface area contributed by atoms with Crippen molar-refractivity contribution in [3.8, 4) is 11.8 Å². The Balaban J connectivity index is 1.60. The number of carbonyl (C=O) groups is 1. The van der Waals surface area contributed by atoms with Gasteiger partial charge in [0.15, 0.2) is 0 Å². The molecule has 1 saturated heterocycles. The van der Waals surface area contributed by atoms with Gasteiger partial charge < -0.3 is 9.64 Å². The van der Waals surface area contributed by atoms with E-state index in [1.54, 1.807) is 12.1 Å². The summed E-state index contributed by atoms with van der Waals surface area (Å²) in [4.78, 5) is 14.7. The maximum Gasteiger partial charge on any atom is 0.254 e. The van der Waals surface area contributed by atoms with Gasteiger partial charge in [-0.05, 0) is 49.7 Å². The number of nitrogens with zero attached hydrogens (tertiary/aromatic N) is 4. The highest BCUT2D eigenvalue weighted by Crippen LogP contribution is 2.25. The Hall–Kier alpha value is -3.14. The lowest BCUT2D eigenvalue weighted by Gasteiger charge is -2.27. The van der Waals surface area contributed by atoms with Crippen molar-refractivity contribution in [2.24, 2.45) is 0 Å². The second kappa shape index (κ2) is 8.93. The molecule has 4 rings (SSSR count). The minimum Gasteiger partial charge on any atom is -0.378 e. The van der Waals surface area contributed by atoms with Crippen LogP contribution in [-0.4, -0.2) is 46.9 Å². The molecular formula is C24H23ClN4O2. The van der Waals surface area contributed by atoms with E-state index in [2.05, 4.69) is 6.07 Å². The molecule has 2 aromatic carbocycles. The van der Waals surface area contributed by atoms with Crippen LogP contribution in [0, 0.1) is 25.2 Å². The van der Waals surface area contributed by atoms with Crippen molar-refractivity contribution >= 4 is 17.5 Å². The van der Waals surface area contributed by atoms with E-state index < -0.39 is 0 Å². The Labute approximate surface area is 186 Å². The van der Waals surface area contributed by atoms with E-state index in [1.807, 2.05) is 53.8 Å². The average molecular weight is 435 g/mol. The van der Waals surface area contributed by atoms with E-state index in [4.69, 9.17) is 26.7 Å².